The van der Waals surface area contributed by atoms with Crippen molar-refractivity contribution in [2.75, 3.05) is 70.4 Å². The predicted octanol–water partition coefficient (Wildman–Crippen LogP) is 13.8. The third kappa shape index (κ3) is 39.5. The molecule has 2 heterocycles. The molecule has 8 N–H and O–H groups in total. The SMILES string of the molecule is CCCCCCCCCCCCCCCCCCOC[C@H](COC(=O)NCCOCC(C)(C)OCCCNC(=O)CC[C@@H](NC(=O)c1ccc(NCc2cnc3nc(N)[nH]c(=O)c3n2)cc1)C(=O)O)OCCCCCCCCCCCCCCCCCC. The van der Waals surface area contributed by atoms with Crippen molar-refractivity contribution in [2.45, 2.75) is 277 Å². The average molecular weight is 1240 g/mol. The van der Waals surface area contributed by atoms with Gasteiger partial charge in [-0.05, 0) is 63.8 Å². The number of carbonyl (C=O) groups is 4. The maximum atomic E-state index is 13.0. The fourth-order valence-corrected chi connectivity index (χ4v) is 10.3. The first-order valence-electron chi connectivity index (χ1n) is 34.3. The summed E-state index contributed by atoms with van der Waals surface area (Å²) in [5.74, 6) is -2.28. The zero-order valence-electron chi connectivity index (χ0n) is 54.8. The average Bonchev–Trinajstić information content (AvgIpc) is 3.50. The molecule has 88 heavy (non-hydrogen) atoms. The Bertz CT molecular complexity index is 2340. The van der Waals surface area contributed by atoms with Crippen LogP contribution in [0.4, 0.5) is 16.4 Å². The number of carbonyl (C=O) groups excluding carboxylic acids is 3. The lowest BCUT2D eigenvalue weighted by atomic mass is 10.0. The first-order valence-corrected chi connectivity index (χ1v) is 34.3. The summed E-state index contributed by atoms with van der Waals surface area (Å²) in [6, 6.07) is 5.06. The van der Waals surface area contributed by atoms with Gasteiger partial charge < -0.3 is 55.8 Å². The van der Waals surface area contributed by atoms with E-state index in [0.29, 0.717) is 50.8 Å². The maximum Gasteiger partial charge on any atom is 0.407 e. The third-order valence-corrected chi connectivity index (χ3v) is 15.7. The highest BCUT2D eigenvalue weighted by molar-refractivity contribution is 5.97. The fourth-order valence-electron chi connectivity index (χ4n) is 10.3. The number of alkyl carbamates (subject to hydrolysis) is 1. The Balaban J connectivity index is 1.24. The zero-order valence-corrected chi connectivity index (χ0v) is 54.8. The van der Waals surface area contributed by atoms with Gasteiger partial charge in [0.1, 0.15) is 18.8 Å². The van der Waals surface area contributed by atoms with Crippen molar-refractivity contribution in [3.05, 3.63) is 52.1 Å². The number of carboxylic acids is 1. The van der Waals surface area contributed by atoms with Crippen LogP contribution in [-0.4, -0.2) is 126 Å². The van der Waals surface area contributed by atoms with Gasteiger partial charge in [0, 0.05) is 50.6 Å². The van der Waals surface area contributed by atoms with Crippen molar-refractivity contribution in [2.24, 2.45) is 0 Å². The Morgan fingerprint density at radius 3 is 1.70 bits per heavy atom. The number of carboxylic acid groups (broad SMARTS) is 1. The number of nitrogens with one attached hydrogen (secondary N) is 5. The van der Waals surface area contributed by atoms with Crippen LogP contribution < -0.4 is 32.6 Å². The van der Waals surface area contributed by atoms with Crippen LogP contribution in [0, 0.1) is 0 Å². The molecule has 0 spiro atoms. The van der Waals surface area contributed by atoms with E-state index in [0.717, 1.165) is 25.7 Å². The van der Waals surface area contributed by atoms with Gasteiger partial charge in [-0.2, -0.15) is 4.98 Å². The summed E-state index contributed by atoms with van der Waals surface area (Å²) in [6.07, 6.45) is 43.2. The Kier molecular flexibility index (Phi) is 43.9. The number of amides is 3. The minimum Gasteiger partial charge on any atom is -0.480 e. The summed E-state index contributed by atoms with van der Waals surface area (Å²) in [6.45, 7) is 11.8. The van der Waals surface area contributed by atoms with E-state index in [1.807, 2.05) is 13.8 Å². The number of unbranched alkanes of at least 4 members (excludes halogenated alkanes) is 30. The minimum atomic E-state index is -1.29. The number of nitrogens with zero attached hydrogens (tertiary/aromatic N) is 3. The zero-order chi connectivity index (χ0) is 63.6. The van der Waals surface area contributed by atoms with Crippen LogP contribution in [0.5, 0.6) is 0 Å². The van der Waals surface area contributed by atoms with Gasteiger partial charge in [-0.1, -0.05) is 206 Å². The number of aromatic nitrogens is 4. The lowest BCUT2D eigenvalue weighted by Gasteiger charge is -2.25. The number of benzene rings is 1. The summed E-state index contributed by atoms with van der Waals surface area (Å²) < 4.78 is 29.7. The molecule has 3 rings (SSSR count). The molecule has 1 aromatic carbocycles. The molecule has 20 heteroatoms. The van der Waals surface area contributed by atoms with E-state index >= 15 is 0 Å². The van der Waals surface area contributed by atoms with Gasteiger partial charge in [0.15, 0.2) is 11.2 Å². The molecule has 0 bridgehead atoms. The van der Waals surface area contributed by atoms with Gasteiger partial charge in [-0.15, -0.1) is 0 Å². The summed E-state index contributed by atoms with van der Waals surface area (Å²) in [5, 5.41) is 21.0. The molecule has 0 radical (unpaired) electrons. The molecule has 2 atom stereocenters. The lowest BCUT2D eigenvalue weighted by Crippen LogP contribution is -2.41. The normalized spacial score (nSPS) is 12.3. The molecule has 2 aromatic heterocycles. The molecule has 0 unspecified atom stereocenters. The number of aliphatic carboxylic acids is 1. The van der Waals surface area contributed by atoms with Crippen molar-refractivity contribution >= 4 is 46.7 Å². The number of fused-ring (bicyclic) bond motifs is 1. The van der Waals surface area contributed by atoms with E-state index in [9.17, 15) is 29.1 Å². The number of rotatable bonds is 58. The number of anilines is 2. The van der Waals surface area contributed by atoms with Crippen LogP contribution in [0.25, 0.3) is 11.2 Å². The molecule has 500 valence electrons. The molecule has 0 fully saturated rings. The number of H-pyrrole nitrogens is 1. The Morgan fingerprint density at radius 2 is 1.16 bits per heavy atom. The molecule has 0 aliphatic heterocycles. The Labute approximate surface area is 527 Å². The quantitative estimate of drug-likeness (QED) is 0.0259. The predicted molar refractivity (Wildman–Crippen MR) is 352 cm³/mol. The number of nitrogens with two attached hydrogens (primary N) is 1. The van der Waals surface area contributed by atoms with Crippen LogP contribution in [0.15, 0.2) is 35.3 Å². The van der Waals surface area contributed by atoms with Gasteiger partial charge in [0.2, 0.25) is 11.9 Å². The van der Waals surface area contributed by atoms with Crippen LogP contribution >= 0.6 is 0 Å². The monoisotopic (exact) mass is 1240 g/mol. The molecule has 0 aliphatic carbocycles. The topological polar surface area (TPSA) is 280 Å². The van der Waals surface area contributed by atoms with Crippen molar-refractivity contribution in [1.82, 2.24) is 35.9 Å². The molecule has 3 amide bonds. The van der Waals surface area contributed by atoms with Crippen molar-refractivity contribution in [1.29, 1.82) is 0 Å². The number of nitrogen functional groups attached to an aromatic ring is 1. The Morgan fingerprint density at radius 1 is 0.625 bits per heavy atom. The van der Waals surface area contributed by atoms with Gasteiger partial charge in [-0.25, -0.2) is 19.6 Å². The van der Waals surface area contributed by atoms with Crippen LogP contribution in [0.3, 0.4) is 0 Å². The third-order valence-electron chi connectivity index (χ3n) is 15.7. The van der Waals surface area contributed by atoms with E-state index in [-0.39, 0.29) is 80.4 Å². The Hall–Kier alpha value is -5.44. The summed E-state index contributed by atoms with van der Waals surface area (Å²) in [4.78, 5) is 77.3. The van der Waals surface area contributed by atoms with Gasteiger partial charge in [0.25, 0.3) is 11.5 Å². The number of ether oxygens (including phenoxy) is 5. The molecule has 0 saturated heterocycles. The van der Waals surface area contributed by atoms with E-state index in [1.165, 1.54) is 198 Å². The smallest absolute Gasteiger partial charge is 0.407 e. The molecular weight excluding hydrogens is 1120 g/mol. The molecule has 0 saturated carbocycles. The van der Waals surface area contributed by atoms with Crippen LogP contribution in [0.1, 0.15) is 268 Å². The highest BCUT2D eigenvalue weighted by Crippen LogP contribution is 2.18. The first-order chi connectivity index (χ1) is 42.8. The second-order valence-electron chi connectivity index (χ2n) is 24.4. The van der Waals surface area contributed by atoms with Crippen molar-refractivity contribution in [3.63, 3.8) is 0 Å². The summed E-state index contributed by atoms with van der Waals surface area (Å²) in [7, 11) is 0. The van der Waals surface area contributed by atoms with Gasteiger partial charge >= 0.3 is 12.1 Å². The van der Waals surface area contributed by atoms with E-state index < -0.39 is 35.2 Å². The molecular formula is C68H117N9O11. The highest BCUT2D eigenvalue weighted by Gasteiger charge is 2.23. The van der Waals surface area contributed by atoms with Gasteiger partial charge in [-0.3, -0.25) is 19.4 Å². The maximum absolute atomic E-state index is 13.0. The van der Waals surface area contributed by atoms with Gasteiger partial charge in [0.05, 0.1) is 43.9 Å². The van der Waals surface area contributed by atoms with Crippen molar-refractivity contribution < 1.29 is 48.0 Å². The first kappa shape index (κ1) is 76.8. The van der Waals surface area contributed by atoms with Crippen molar-refractivity contribution in [3.8, 4) is 0 Å². The molecule has 20 nitrogen and oxygen atoms in total. The highest BCUT2D eigenvalue weighted by atomic mass is 16.6. The summed E-state index contributed by atoms with van der Waals surface area (Å²) >= 11 is 0. The molecule has 3 aromatic rings. The second kappa shape index (κ2) is 50.3. The van der Waals surface area contributed by atoms with E-state index in [1.54, 1.807) is 12.1 Å². The van der Waals surface area contributed by atoms with E-state index in [4.69, 9.17) is 29.4 Å². The minimum absolute atomic E-state index is 0.0545. The number of hydrogen-bond donors (Lipinski definition) is 7. The largest absolute Gasteiger partial charge is 0.480 e. The fraction of sp³-hybridized carbons (Fsp3) is 0.765. The van der Waals surface area contributed by atoms with Crippen LogP contribution in [0.2, 0.25) is 0 Å². The van der Waals surface area contributed by atoms with Crippen LogP contribution in [-0.2, 0) is 39.8 Å². The standard InChI is InChI=1S/C68H117N9O11/c1-5-7-9-11-13-15-17-19-21-23-25-27-29-31-33-35-46-84-52-58(86-47-36-34-32-30-28-26-24-22-20-18-16-14-12-10-8-6-2)53-87-67(83)71-45-49-85-54-68(3,4)88-48-37-44-70-60(78)43-42-59(65(81)82)75-63(79)55-38-40-56(41-39-55)72-50-57-51-73-62-61(74-57)64(80)77-66(69)76-62/h38-41,51,58-59,72H,5-37,42-50,52-54H2,1-4H3,(H,70,78)(H,71,83)(H,75,79)(H,81,82)(H3,69,73,76,77,80)/t58-,59-/m1/s1. The lowest BCUT2D eigenvalue weighted by molar-refractivity contribution is -0.139. The number of hydrogen-bond acceptors (Lipinski definition) is 15. The van der Waals surface area contributed by atoms with E-state index in [2.05, 4.69) is 55.1 Å². The summed E-state index contributed by atoms with van der Waals surface area (Å²) in [5.41, 5.74) is 5.95. The molecule has 0 aliphatic rings. The number of aromatic amines is 1. The second-order valence-corrected chi connectivity index (χ2v) is 24.4.